The molecule has 1 fully saturated rings. The van der Waals surface area contributed by atoms with Crippen LogP contribution in [0, 0.1) is 0 Å². The Kier molecular flexibility index (Phi) is 5.01. The fourth-order valence-corrected chi connectivity index (χ4v) is 1.41. The van der Waals surface area contributed by atoms with Gasteiger partial charge in [-0.2, -0.15) is 0 Å². The van der Waals surface area contributed by atoms with E-state index in [9.17, 15) is 9.90 Å². The van der Waals surface area contributed by atoms with E-state index in [4.69, 9.17) is 9.47 Å². The highest BCUT2D eigenvalue weighted by molar-refractivity contribution is 5.74. The largest absolute Gasteiger partial charge is 0.461 e. The standard InChI is InChI=1S/C10H19NO4/c1-8(2)15-10(13)9(12)7-11-3-5-14-6-4-11/h8-9,12H,3-7H2,1-2H3. The van der Waals surface area contributed by atoms with E-state index in [1.165, 1.54) is 0 Å². The summed E-state index contributed by atoms with van der Waals surface area (Å²) in [4.78, 5) is 13.3. The molecule has 0 aromatic rings. The van der Waals surface area contributed by atoms with Crippen molar-refractivity contribution >= 4 is 5.97 Å². The van der Waals surface area contributed by atoms with E-state index >= 15 is 0 Å². The second kappa shape index (κ2) is 6.05. The summed E-state index contributed by atoms with van der Waals surface area (Å²) in [5, 5.41) is 9.56. The van der Waals surface area contributed by atoms with Crippen LogP contribution >= 0.6 is 0 Å². The molecule has 88 valence electrons. The summed E-state index contributed by atoms with van der Waals surface area (Å²) in [6, 6.07) is 0. The van der Waals surface area contributed by atoms with Gasteiger partial charge in [0.15, 0.2) is 6.10 Å². The Bertz CT molecular complexity index is 202. The lowest BCUT2D eigenvalue weighted by atomic mass is 10.3. The molecule has 0 amide bonds. The van der Waals surface area contributed by atoms with Gasteiger partial charge in [-0.05, 0) is 13.8 Å². The molecular weight excluding hydrogens is 198 g/mol. The molecule has 5 heteroatoms. The molecule has 1 unspecified atom stereocenters. The van der Waals surface area contributed by atoms with Crippen molar-refractivity contribution < 1.29 is 19.4 Å². The molecular formula is C10H19NO4. The molecule has 1 heterocycles. The topological polar surface area (TPSA) is 59.0 Å². The van der Waals surface area contributed by atoms with Crippen LogP contribution in [-0.2, 0) is 14.3 Å². The second-order valence-electron chi connectivity index (χ2n) is 3.91. The molecule has 0 aromatic carbocycles. The van der Waals surface area contributed by atoms with Gasteiger partial charge in [0.1, 0.15) is 0 Å². The molecule has 0 bridgehead atoms. The van der Waals surface area contributed by atoms with Crippen LogP contribution in [-0.4, -0.2) is 61.0 Å². The third-order valence-electron chi connectivity index (χ3n) is 2.16. The third kappa shape index (κ3) is 4.59. The van der Waals surface area contributed by atoms with E-state index < -0.39 is 12.1 Å². The number of rotatable bonds is 4. The number of carbonyl (C=O) groups excluding carboxylic acids is 1. The number of esters is 1. The number of aliphatic hydroxyl groups is 1. The van der Waals surface area contributed by atoms with E-state index in [1.54, 1.807) is 13.8 Å². The van der Waals surface area contributed by atoms with Crippen molar-refractivity contribution in [3.05, 3.63) is 0 Å². The van der Waals surface area contributed by atoms with Crippen molar-refractivity contribution in [2.24, 2.45) is 0 Å². The van der Waals surface area contributed by atoms with Gasteiger partial charge in [-0.15, -0.1) is 0 Å². The van der Waals surface area contributed by atoms with E-state index in [1.807, 2.05) is 4.90 Å². The lowest BCUT2D eigenvalue weighted by Gasteiger charge is -2.28. The maximum absolute atomic E-state index is 11.3. The van der Waals surface area contributed by atoms with Crippen molar-refractivity contribution in [2.75, 3.05) is 32.8 Å². The summed E-state index contributed by atoms with van der Waals surface area (Å²) in [5.74, 6) is -0.545. The normalized spacial score (nSPS) is 20.3. The molecule has 1 atom stereocenters. The second-order valence-corrected chi connectivity index (χ2v) is 3.91. The first-order valence-corrected chi connectivity index (χ1v) is 5.28. The summed E-state index contributed by atoms with van der Waals surface area (Å²) in [5.41, 5.74) is 0. The highest BCUT2D eigenvalue weighted by Gasteiger charge is 2.22. The average Bonchev–Trinajstić information content (AvgIpc) is 2.18. The molecule has 0 radical (unpaired) electrons. The zero-order valence-corrected chi connectivity index (χ0v) is 9.31. The number of β-amino-alcohol motifs (C(OH)–C–C–N with tert-alkyl or cyclic N) is 1. The van der Waals surface area contributed by atoms with Crippen LogP contribution in [0.5, 0.6) is 0 Å². The number of carbonyl (C=O) groups is 1. The summed E-state index contributed by atoms with van der Waals surface area (Å²) in [7, 11) is 0. The van der Waals surface area contributed by atoms with E-state index in [0.29, 0.717) is 19.8 Å². The van der Waals surface area contributed by atoms with Crippen LogP contribution in [0.4, 0.5) is 0 Å². The van der Waals surface area contributed by atoms with Gasteiger partial charge >= 0.3 is 5.97 Å². The molecule has 1 rings (SSSR count). The van der Waals surface area contributed by atoms with Gasteiger partial charge in [-0.1, -0.05) is 0 Å². The Morgan fingerprint density at radius 3 is 2.60 bits per heavy atom. The average molecular weight is 217 g/mol. The minimum absolute atomic E-state index is 0.183. The van der Waals surface area contributed by atoms with Gasteiger partial charge in [0, 0.05) is 19.6 Å². The molecule has 15 heavy (non-hydrogen) atoms. The smallest absolute Gasteiger partial charge is 0.336 e. The fourth-order valence-electron chi connectivity index (χ4n) is 1.41. The van der Waals surface area contributed by atoms with Crippen molar-refractivity contribution in [1.29, 1.82) is 0 Å². The monoisotopic (exact) mass is 217 g/mol. The van der Waals surface area contributed by atoms with Crippen LogP contribution in [0.15, 0.2) is 0 Å². The van der Waals surface area contributed by atoms with E-state index in [-0.39, 0.29) is 6.10 Å². The zero-order valence-electron chi connectivity index (χ0n) is 9.31. The Morgan fingerprint density at radius 1 is 1.47 bits per heavy atom. The minimum Gasteiger partial charge on any atom is -0.461 e. The third-order valence-corrected chi connectivity index (χ3v) is 2.16. The van der Waals surface area contributed by atoms with Gasteiger partial charge in [0.2, 0.25) is 0 Å². The maximum atomic E-state index is 11.3. The number of nitrogens with zero attached hydrogens (tertiary/aromatic N) is 1. The Hall–Kier alpha value is -0.650. The molecule has 1 aliphatic rings. The lowest BCUT2D eigenvalue weighted by Crippen LogP contribution is -2.44. The minimum atomic E-state index is -1.05. The van der Waals surface area contributed by atoms with Crippen LogP contribution in [0.1, 0.15) is 13.8 Å². The summed E-state index contributed by atoms with van der Waals surface area (Å²) in [6.45, 7) is 6.68. The molecule has 1 aliphatic heterocycles. The summed E-state index contributed by atoms with van der Waals surface area (Å²) < 4.78 is 10.1. The van der Waals surface area contributed by atoms with Crippen molar-refractivity contribution in [3.8, 4) is 0 Å². The first kappa shape index (κ1) is 12.4. The Balaban J connectivity index is 2.26. The van der Waals surface area contributed by atoms with Crippen molar-refractivity contribution in [3.63, 3.8) is 0 Å². The number of hydrogen-bond acceptors (Lipinski definition) is 5. The first-order chi connectivity index (χ1) is 7.09. The Morgan fingerprint density at radius 2 is 2.07 bits per heavy atom. The predicted molar refractivity (Wildman–Crippen MR) is 54.5 cm³/mol. The van der Waals surface area contributed by atoms with Gasteiger partial charge in [0.05, 0.1) is 19.3 Å². The van der Waals surface area contributed by atoms with Gasteiger partial charge < -0.3 is 14.6 Å². The van der Waals surface area contributed by atoms with Crippen LogP contribution in [0.3, 0.4) is 0 Å². The molecule has 0 aliphatic carbocycles. The van der Waals surface area contributed by atoms with Crippen LogP contribution in [0.25, 0.3) is 0 Å². The molecule has 0 saturated carbocycles. The molecule has 0 aromatic heterocycles. The molecule has 1 saturated heterocycles. The highest BCUT2D eigenvalue weighted by Crippen LogP contribution is 2.01. The van der Waals surface area contributed by atoms with Gasteiger partial charge in [-0.25, -0.2) is 4.79 Å². The van der Waals surface area contributed by atoms with Crippen LogP contribution < -0.4 is 0 Å². The number of ether oxygens (including phenoxy) is 2. The summed E-state index contributed by atoms with van der Waals surface area (Å²) >= 11 is 0. The molecule has 5 nitrogen and oxygen atoms in total. The first-order valence-electron chi connectivity index (χ1n) is 5.28. The SMILES string of the molecule is CC(C)OC(=O)C(O)CN1CCOCC1. The fraction of sp³-hybridized carbons (Fsp3) is 0.900. The number of morpholine rings is 1. The van der Waals surface area contributed by atoms with E-state index in [0.717, 1.165) is 13.1 Å². The van der Waals surface area contributed by atoms with Gasteiger partial charge in [0.25, 0.3) is 0 Å². The Labute approximate surface area is 90.0 Å². The summed E-state index contributed by atoms with van der Waals surface area (Å²) in [6.07, 6.45) is -1.23. The van der Waals surface area contributed by atoms with Gasteiger partial charge in [-0.3, -0.25) is 4.90 Å². The predicted octanol–water partition coefficient (Wildman–Crippen LogP) is -0.369. The van der Waals surface area contributed by atoms with Crippen molar-refractivity contribution in [2.45, 2.75) is 26.1 Å². The lowest BCUT2D eigenvalue weighted by molar-refractivity contribution is -0.158. The molecule has 0 spiro atoms. The highest BCUT2D eigenvalue weighted by atomic mass is 16.6. The van der Waals surface area contributed by atoms with Crippen molar-refractivity contribution in [1.82, 2.24) is 4.90 Å². The quantitative estimate of drug-likeness (QED) is 0.651. The van der Waals surface area contributed by atoms with Crippen LogP contribution in [0.2, 0.25) is 0 Å². The zero-order chi connectivity index (χ0) is 11.3. The molecule has 1 N–H and O–H groups in total. The van der Waals surface area contributed by atoms with E-state index in [2.05, 4.69) is 0 Å². The maximum Gasteiger partial charge on any atom is 0.336 e. The number of hydrogen-bond donors (Lipinski definition) is 1. The number of aliphatic hydroxyl groups excluding tert-OH is 1.